The third-order valence-corrected chi connectivity index (χ3v) is 12.3. The Morgan fingerprint density at radius 2 is 0.652 bits per heavy atom. The van der Waals surface area contributed by atoms with E-state index in [0.717, 1.165) is 84.0 Å². The highest BCUT2D eigenvalue weighted by molar-refractivity contribution is 6.14. The van der Waals surface area contributed by atoms with Gasteiger partial charge in [-0.25, -0.2) is 4.98 Å². The van der Waals surface area contributed by atoms with Crippen molar-refractivity contribution in [3.05, 3.63) is 278 Å². The van der Waals surface area contributed by atoms with Gasteiger partial charge in [0.25, 0.3) is 0 Å². The van der Waals surface area contributed by atoms with Crippen molar-refractivity contribution in [1.82, 2.24) is 10.3 Å². The van der Waals surface area contributed by atoms with Gasteiger partial charge in [-0.1, -0.05) is 249 Å². The minimum atomic E-state index is -0.322. The molecule has 1 atom stereocenters. The van der Waals surface area contributed by atoms with E-state index in [-0.39, 0.29) is 6.17 Å². The van der Waals surface area contributed by atoms with Crippen molar-refractivity contribution in [3.63, 3.8) is 0 Å². The number of benzene rings is 9. The lowest BCUT2D eigenvalue weighted by Crippen LogP contribution is -2.24. The number of nitrogens with one attached hydrogen (secondary N) is 1. The molecule has 2 heterocycles. The second-order valence-electron chi connectivity index (χ2n) is 16.5. The molecule has 1 aliphatic rings. The third kappa shape index (κ3) is 8.18. The molecule has 0 radical (unpaired) electrons. The molecule has 1 aromatic heterocycles. The van der Waals surface area contributed by atoms with Crippen LogP contribution in [0.3, 0.4) is 0 Å². The highest BCUT2D eigenvalue weighted by atomic mass is 15.1. The van der Waals surface area contributed by atoms with Gasteiger partial charge in [0.15, 0.2) is 0 Å². The molecule has 0 spiro atoms. The predicted molar refractivity (Wildman–Crippen MR) is 276 cm³/mol. The highest BCUT2D eigenvalue weighted by Gasteiger charge is 2.26. The fourth-order valence-electron chi connectivity index (χ4n) is 9.07. The molecule has 3 heteroatoms. The van der Waals surface area contributed by atoms with Crippen molar-refractivity contribution in [2.24, 2.45) is 4.99 Å². The van der Waals surface area contributed by atoms with E-state index in [1.807, 2.05) is 0 Å². The third-order valence-electron chi connectivity index (χ3n) is 12.3. The fourth-order valence-corrected chi connectivity index (χ4v) is 9.07. The molecule has 1 N–H and O–H groups in total. The Labute approximate surface area is 386 Å². The van der Waals surface area contributed by atoms with Gasteiger partial charge in [-0.15, -0.1) is 0 Å². The molecule has 0 fully saturated rings. The van der Waals surface area contributed by atoms with Crippen molar-refractivity contribution in [3.8, 4) is 78.1 Å². The molecule has 66 heavy (non-hydrogen) atoms. The van der Waals surface area contributed by atoms with E-state index in [1.165, 1.54) is 22.3 Å². The molecule has 11 rings (SSSR count). The molecule has 9 aromatic carbocycles. The van der Waals surface area contributed by atoms with Crippen LogP contribution >= 0.6 is 0 Å². The van der Waals surface area contributed by atoms with Gasteiger partial charge in [0.1, 0.15) is 6.17 Å². The van der Waals surface area contributed by atoms with Crippen LogP contribution in [-0.4, -0.2) is 10.7 Å². The van der Waals surface area contributed by atoms with Crippen molar-refractivity contribution in [2.45, 2.75) is 6.17 Å². The molecule has 1 unspecified atom stereocenters. The lowest BCUT2D eigenvalue weighted by Gasteiger charge is -2.26. The second-order valence-corrected chi connectivity index (χ2v) is 16.5. The summed E-state index contributed by atoms with van der Waals surface area (Å²) in [5.41, 5.74) is 20.4. The monoisotopic (exact) mass is 843 g/mol. The smallest absolute Gasteiger partial charge is 0.145 e. The van der Waals surface area contributed by atoms with Crippen LogP contribution in [0.15, 0.2) is 266 Å². The Balaban J connectivity index is 1.12. The van der Waals surface area contributed by atoms with E-state index >= 15 is 0 Å². The van der Waals surface area contributed by atoms with E-state index < -0.39 is 0 Å². The fraction of sp³-hybridized carbons (Fsp3) is 0.0159. The summed E-state index contributed by atoms with van der Waals surface area (Å²) in [4.78, 5) is 11.2. The van der Waals surface area contributed by atoms with Crippen molar-refractivity contribution >= 4 is 11.4 Å². The summed E-state index contributed by atoms with van der Waals surface area (Å²) in [7, 11) is 0. The van der Waals surface area contributed by atoms with Crippen molar-refractivity contribution < 1.29 is 0 Å². The zero-order valence-electron chi connectivity index (χ0n) is 36.3. The number of aliphatic imine (C=N–C) groups is 1. The Morgan fingerprint density at radius 1 is 0.288 bits per heavy atom. The maximum Gasteiger partial charge on any atom is 0.145 e. The predicted octanol–water partition coefficient (Wildman–Crippen LogP) is 15.9. The van der Waals surface area contributed by atoms with Gasteiger partial charge in [0.05, 0.1) is 17.1 Å². The first-order chi connectivity index (χ1) is 32.7. The normalized spacial score (nSPS) is 13.3. The summed E-state index contributed by atoms with van der Waals surface area (Å²) < 4.78 is 0. The Morgan fingerprint density at radius 3 is 1.12 bits per heavy atom. The Hall–Kier alpha value is -8.66. The van der Waals surface area contributed by atoms with E-state index in [2.05, 4.69) is 266 Å². The lowest BCUT2D eigenvalue weighted by molar-refractivity contribution is 0.664. The molecule has 10 aromatic rings. The maximum absolute atomic E-state index is 5.66. The van der Waals surface area contributed by atoms with Crippen LogP contribution in [0, 0.1) is 0 Å². The van der Waals surface area contributed by atoms with Gasteiger partial charge in [0, 0.05) is 39.1 Å². The quantitative estimate of drug-likeness (QED) is 0.149. The number of aromatic nitrogens is 1. The Kier molecular flexibility index (Phi) is 11.1. The summed E-state index contributed by atoms with van der Waals surface area (Å²) >= 11 is 0. The number of allylic oxidation sites excluding steroid dienone is 1. The number of nitrogens with zero attached hydrogens (tertiary/aromatic N) is 2. The van der Waals surface area contributed by atoms with Crippen LogP contribution < -0.4 is 5.32 Å². The minimum Gasteiger partial charge on any atom is -0.360 e. The van der Waals surface area contributed by atoms with E-state index in [9.17, 15) is 0 Å². The summed E-state index contributed by atoms with van der Waals surface area (Å²) in [5, 5.41) is 3.83. The molecule has 1 aliphatic heterocycles. The molecule has 0 bridgehead atoms. The van der Waals surface area contributed by atoms with Crippen LogP contribution in [-0.2, 0) is 0 Å². The van der Waals surface area contributed by atoms with Crippen molar-refractivity contribution in [1.29, 1.82) is 0 Å². The van der Waals surface area contributed by atoms with Gasteiger partial charge < -0.3 is 5.32 Å². The summed E-state index contributed by atoms with van der Waals surface area (Å²) in [6.45, 7) is 0. The van der Waals surface area contributed by atoms with Gasteiger partial charge in [-0.2, -0.15) is 0 Å². The van der Waals surface area contributed by atoms with E-state index in [0.29, 0.717) is 0 Å². The van der Waals surface area contributed by atoms with E-state index in [4.69, 9.17) is 9.98 Å². The topological polar surface area (TPSA) is 37.3 Å². The van der Waals surface area contributed by atoms with Crippen LogP contribution in [0.25, 0.3) is 83.8 Å². The van der Waals surface area contributed by atoms with Gasteiger partial charge in [-0.05, 0) is 62.2 Å². The molecule has 3 nitrogen and oxygen atoms in total. The average molecular weight is 844 g/mol. The van der Waals surface area contributed by atoms with Gasteiger partial charge >= 0.3 is 0 Å². The standard InChI is InChI=1S/C63H45N3/c1-7-20-44(21-8-1)46-34-38-48(39-35-46)56-43-57(65-63(64-56)53-40-36-47(37-41-53)45-22-9-2-10-23-45)54-32-19-33-55(42-54)58-59(49-24-11-3-12-25-49)61(51-28-15-5-16-29-51)66-62(52-30-17-6-18-31-52)60(58)50-26-13-4-14-27-50/h1-43,63-64H. The molecular formula is C63H45N3. The molecule has 0 saturated heterocycles. The molecule has 0 aliphatic carbocycles. The maximum atomic E-state index is 5.66. The lowest BCUT2D eigenvalue weighted by atomic mass is 9.83. The first-order valence-electron chi connectivity index (χ1n) is 22.5. The number of rotatable bonds is 10. The SMILES string of the molecule is C1=C(c2ccc(-c3ccccc3)cc2)NC(c2ccc(-c3ccccc3)cc2)N=C1c1cccc(-c2c(-c3ccccc3)c(-c3ccccc3)nc(-c3ccccc3)c2-c2ccccc2)c1. The average Bonchev–Trinajstić information content (AvgIpc) is 3.42. The first-order valence-corrected chi connectivity index (χ1v) is 22.5. The van der Waals surface area contributed by atoms with Gasteiger partial charge in [-0.3, -0.25) is 4.99 Å². The van der Waals surface area contributed by atoms with Crippen LogP contribution in [0.1, 0.15) is 22.9 Å². The molecule has 0 amide bonds. The molecule has 0 saturated carbocycles. The minimum absolute atomic E-state index is 0.322. The number of hydrogen-bond acceptors (Lipinski definition) is 3. The molecule has 312 valence electrons. The van der Waals surface area contributed by atoms with Crippen molar-refractivity contribution in [2.75, 3.05) is 0 Å². The van der Waals surface area contributed by atoms with Gasteiger partial charge in [0.2, 0.25) is 0 Å². The highest BCUT2D eigenvalue weighted by Crippen LogP contribution is 2.49. The second kappa shape index (κ2) is 18.2. The summed E-state index contributed by atoms with van der Waals surface area (Å²) in [6.07, 6.45) is 1.89. The zero-order valence-corrected chi connectivity index (χ0v) is 36.3. The molecular weight excluding hydrogens is 799 g/mol. The number of hydrogen-bond donors (Lipinski definition) is 1. The summed E-state index contributed by atoms with van der Waals surface area (Å²) in [6, 6.07) is 90.3. The largest absolute Gasteiger partial charge is 0.360 e. The van der Waals surface area contributed by atoms with Crippen LogP contribution in [0.5, 0.6) is 0 Å². The van der Waals surface area contributed by atoms with Crippen LogP contribution in [0.4, 0.5) is 0 Å². The number of pyridine rings is 1. The Bertz CT molecular complexity index is 3210. The van der Waals surface area contributed by atoms with Crippen LogP contribution in [0.2, 0.25) is 0 Å². The summed E-state index contributed by atoms with van der Waals surface area (Å²) in [5.74, 6) is 0. The van der Waals surface area contributed by atoms with E-state index in [1.54, 1.807) is 0 Å². The first kappa shape index (κ1) is 40.1. The zero-order chi connectivity index (χ0) is 44.1.